The van der Waals surface area contributed by atoms with E-state index in [0.29, 0.717) is 11.8 Å². The van der Waals surface area contributed by atoms with Gasteiger partial charge in [-0.25, -0.2) is 0 Å². The fraction of sp³-hybridized carbons (Fsp3) is 0.973. The number of carboxylic acid groups (broad SMARTS) is 2. The van der Waals surface area contributed by atoms with Gasteiger partial charge >= 0.3 is 11.9 Å². The highest BCUT2D eigenvalue weighted by atomic mass is 16.4. The largest absolute Gasteiger partial charge is 0.481 e. The van der Waals surface area contributed by atoms with E-state index >= 15 is 0 Å². The van der Waals surface area contributed by atoms with E-state index in [4.69, 9.17) is 5.11 Å². The molecule has 0 aromatic carbocycles. The second kappa shape index (κ2) is 66.1. The van der Waals surface area contributed by atoms with E-state index in [1.807, 2.05) is 0 Å². The SMILES string of the molecule is CCCCCCC(C)C(=O)O.CCCCCCCCCCCCCCC(CCCCCCCCCCCCCC)(C(=O)O)C(CCCCCCCCCCC)CC(CCCCCCCCCC)CCCCCCCCCCCC. The highest BCUT2D eigenvalue weighted by Gasteiger charge is 2.45. The Balaban J connectivity index is 0. The van der Waals surface area contributed by atoms with Crippen LogP contribution >= 0.6 is 0 Å². The molecule has 3 atom stereocenters. The quantitative estimate of drug-likeness (QED) is 0.0595. The van der Waals surface area contributed by atoms with Crippen molar-refractivity contribution in [2.24, 2.45) is 23.2 Å². The third kappa shape index (κ3) is 55.9. The van der Waals surface area contributed by atoms with Gasteiger partial charge in [0.05, 0.1) is 11.3 Å². The van der Waals surface area contributed by atoms with Crippen LogP contribution in [0.4, 0.5) is 0 Å². The number of aliphatic carboxylic acids is 2. The van der Waals surface area contributed by atoms with E-state index in [9.17, 15) is 14.7 Å². The number of carbonyl (C=O) groups is 2. The molecule has 0 fully saturated rings. The first kappa shape index (κ1) is 80.0. The molecule has 0 saturated heterocycles. The Hall–Kier alpha value is -1.06. The monoisotopic (exact) mass is 1120 g/mol. The zero-order chi connectivity index (χ0) is 58.2. The molecule has 0 aliphatic heterocycles. The number of carboxylic acids is 2. The minimum absolute atomic E-state index is 0.160. The molecule has 3 unspecified atom stereocenters. The molecule has 0 aromatic heterocycles. The molecular formula is C75H150O4. The summed E-state index contributed by atoms with van der Waals surface area (Å²) in [6.45, 7) is 15.5. The Labute approximate surface area is 499 Å². The fourth-order valence-corrected chi connectivity index (χ4v) is 13.1. The molecule has 0 saturated carbocycles. The van der Waals surface area contributed by atoms with Gasteiger partial charge in [0.25, 0.3) is 0 Å². The molecule has 0 radical (unpaired) electrons. The Morgan fingerprint density at radius 1 is 0.278 bits per heavy atom. The summed E-state index contributed by atoms with van der Waals surface area (Å²) < 4.78 is 0. The van der Waals surface area contributed by atoms with Crippen LogP contribution in [-0.2, 0) is 9.59 Å². The molecule has 474 valence electrons. The number of hydrogen-bond acceptors (Lipinski definition) is 2. The molecule has 0 aromatic rings. The highest BCUT2D eigenvalue weighted by Crippen LogP contribution is 2.47. The van der Waals surface area contributed by atoms with Gasteiger partial charge in [-0.2, -0.15) is 0 Å². The molecule has 0 heterocycles. The average Bonchev–Trinajstić information content (AvgIpc) is 3.44. The minimum atomic E-state index is -0.665. The average molecular weight is 1120 g/mol. The topological polar surface area (TPSA) is 74.6 Å². The Kier molecular flexibility index (Phi) is 66.9. The normalized spacial score (nSPS) is 12.9. The first-order chi connectivity index (χ1) is 38.7. The van der Waals surface area contributed by atoms with Crippen molar-refractivity contribution >= 4 is 11.9 Å². The van der Waals surface area contributed by atoms with Crippen molar-refractivity contribution in [3.63, 3.8) is 0 Å². The number of unbranched alkanes of at least 4 members (excludes halogenated alkanes) is 49. The standard InChI is InChI=1S/C66H132O2.C9H18O2/c1-6-11-16-21-26-31-34-36-40-45-50-55-60-66(65(67)68,61-56-51-46-41-37-35-32-27-22-17-12-7-2)64(59-54-49-44-38-29-24-19-14-9-4)62-63(57-52-47-42-30-25-20-15-10-5)58-53-48-43-39-33-28-23-18-13-8-3;1-3-4-5-6-7-8(2)9(10)11/h63-64H,6-62H2,1-5H3,(H,67,68);8H,3-7H2,1-2H3,(H,10,11). The predicted octanol–water partition coefficient (Wildman–Crippen LogP) is 27.3. The Bertz CT molecular complexity index is 1140. The summed E-state index contributed by atoms with van der Waals surface area (Å²) in [7, 11) is 0. The van der Waals surface area contributed by atoms with Gasteiger partial charge in [0.1, 0.15) is 0 Å². The van der Waals surface area contributed by atoms with Crippen molar-refractivity contribution in [3.8, 4) is 0 Å². The van der Waals surface area contributed by atoms with Gasteiger partial charge < -0.3 is 10.2 Å². The van der Waals surface area contributed by atoms with Crippen LogP contribution in [0.1, 0.15) is 447 Å². The molecule has 0 rings (SSSR count). The molecule has 4 nitrogen and oxygen atoms in total. The molecule has 0 aliphatic rings. The number of rotatable bonds is 66. The van der Waals surface area contributed by atoms with Crippen molar-refractivity contribution in [3.05, 3.63) is 0 Å². The predicted molar refractivity (Wildman–Crippen MR) is 354 cm³/mol. The Morgan fingerprint density at radius 3 is 0.722 bits per heavy atom. The van der Waals surface area contributed by atoms with Crippen molar-refractivity contribution < 1.29 is 19.8 Å². The maximum atomic E-state index is 14.2. The van der Waals surface area contributed by atoms with Gasteiger partial charge in [0.2, 0.25) is 0 Å². The van der Waals surface area contributed by atoms with E-state index < -0.39 is 17.4 Å². The van der Waals surface area contributed by atoms with Gasteiger partial charge in [0, 0.05) is 0 Å². The van der Waals surface area contributed by atoms with E-state index in [1.165, 1.54) is 353 Å². The van der Waals surface area contributed by atoms with Crippen LogP contribution in [0.3, 0.4) is 0 Å². The third-order valence-corrected chi connectivity index (χ3v) is 18.8. The maximum Gasteiger partial charge on any atom is 0.309 e. The summed E-state index contributed by atoms with van der Waals surface area (Å²) >= 11 is 0. The van der Waals surface area contributed by atoms with Crippen LogP contribution in [0.2, 0.25) is 0 Å². The van der Waals surface area contributed by atoms with Gasteiger partial charge in [-0.1, -0.05) is 414 Å². The van der Waals surface area contributed by atoms with Gasteiger partial charge in [-0.15, -0.1) is 0 Å². The molecule has 4 heteroatoms. The first-order valence-electron chi connectivity index (χ1n) is 37.2. The summed E-state index contributed by atoms with van der Waals surface area (Å²) in [6, 6.07) is 0. The molecule has 0 amide bonds. The van der Waals surface area contributed by atoms with Crippen LogP contribution in [-0.4, -0.2) is 22.2 Å². The smallest absolute Gasteiger partial charge is 0.309 e. The van der Waals surface area contributed by atoms with Crippen molar-refractivity contribution in [1.29, 1.82) is 0 Å². The lowest BCUT2D eigenvalue weighted by Crippen LogP contribution is -2.40. The van der Waals surface area contributed by atoms with Crippen LogP contribution in [0.25, 0.3) is 0 Å². The van der Waals surface area contributed by atoms with E-state index in [0.717, 1.165) is 44.9 Å². The zero-order valence-electron chi connectivity index (χ0n) is 55.8. The Morgan fingerprint density at radius 2 is 0.481 bits per heavy atom. The molecule has 0 spiro atoms. The van der Waals surface area contributed by atoms with E-state index in [1.54, 1.807) is 6.92 Å². The molecule has 0 aliphatic carbocycles. The molecule has 0 bridgehead atoms. The highest BCUT2D eigenvalue weighted by molar-refractivity contribution is 5.75. The van der Waals surface area contributed by atoms with Crippen LogP contribution < -0.4 is 0 Å². The summed E-state index contributed by atoms with van der Waals surface area (Å²) in [5, 5.41) is 20.2. The molecular weight excluding hydrogens is 965 g/mol. The number of hydrogen-bond donors (Lipinski definition) is 2. The van der Waals surface area contributed by atoms with E-state index in [-0.39, 0.29) is 5.92 Å². The van der Waals surface area contributed by atoms with Crippen molar-refractivity contribution in [1.82, 2.24) is 0 Å². The first-order valence-corrected chi connectivity index (χ1v) is 37.2. The zero-order valence-corrected chi connectivity index (χ0v) is 55.8. The fourth-order valence-electron chi connectivity index (χ4n) is 13.1. The molecule has 79 heavy (non-hydrogen) atoms. The summed E-state index contributed by atoms with van der Waals surface area (Å²) in [6.07, 6.45) is 82.0. The summed E-state index contributed by atoms with van der Waals surface area (Å²) in [5.74, 6) is -0.190. The summed E-state index contributed by atoms with van der Waals surface area (Å²) in [4.78, 5) is 24.6. The van der Waals surface area contributed by atoms with Gasteiger partial charge in [-0.3, -0.25) is 9.59 Å². The van der Waals surface area contributed by atoms with Crippen molar-refractivity contribution in [2.75, 3.05) is 0 Å². The third-order valence-electron chi connectivity index (χ3n) is 18.8. The van der Waals surface area contributed by atoms with E-state index in [2.05, 4.69) is 41.5 Å². The lowest BCUT2D eigenvalue weighted by Gasteiger charge is -2.40. The second-order valence-corrected chi connectivity index (χ2v) is 26.5. The summed E-state index contributed by atoms with van der Waals surface area (Å²) in [5.41, 5.74) is -0.535. The van der Waals surface area contributed by atoms with Crippen LogP contribution in [0.5, 0.6) is 0 Å². The minimum Gasteiger partial charge on any atom is -0.481 e. The molecule has 2 N–H and O–H groups in total. The van der Waals surface area contributed by atoms with Crippen LogP contribution in [0, 0.1) is 23.2 Å². The maximum absolute atomic E-state index is 14.2. The van der Waals surface area contributed by atoms with Gasteiger partial charge in [0.15, 0.2) is 0 Å². The lowest BCUT2D eigenvalue weighted by atomic mass is 9.63. The van der Waals surface area contributed by atoms with Crippen LogP contribution in [0.15, 0.2) is 0 Å². The second-order valence-electron chi connectivity index (χ2n) is 26.5. The van der Waals surface area contributed by atoms with Crippen molar-refractivity contribution in [2.45, 2.75) is 447 Å². The van der Waals surface area contributed by atoms with Gasteiger partial charge in [-0.05, 0) is 43.9 Å². The lowest BCUT2D eigenvalue weighted by molar-refractivity contribution is -0.155.